The van der Waals surface area contributed by atoms with Crippen LogP contribution in [0.25, 0.3) is 5.57 Å². The Hall–Kier alpha value is -4.65. The van der Waals surface area contributed by atoms with Crippen LogP contribution in [0.5, 0.6) is 0 Å². The molecule has 5 aliphatic heterocycles. The topological polar surface area (TPSA) is 73.6 Å². The Bertz CT molecular complexity index is 1760. The third-order valence-electron chi connectivity index (χ3n) is 10.7. The predicted molar refractivity (Wildman–Crippen MR) is 185 cm³/mol. The highest BCUT2D eigenvalue weighted by Crippen LogP contribution is 2.51. The van der Waals surface area contributed by atoms with E-state index in [-0.39, 0.29) is 12.1 Å². The maximum absolute atomic E-state index is 6.31. The Labute approximate surface area is 271 Å². The lowest BCUT2D eigenvalue weighted by atomic mass is 9.78. The van der Waals surface area contributed by atoms with Gasteiger partial charge in [-0.15, -0.1) is 0 Å². The molecule has 7 nitrogen and oxygen atoms in total. The van der Waals surface area contributed by atoms with Crippen LogP contribution in [-0.4, -0.2) is 54.2 Å². The van der Waals surface area contributed by atoms with E-state index in [2.05, 4.69) is 99.5 Å². The monoisotopic (exact) mass is 608 g/mol. The van der Waals surface area contributed by atoms with Gasteiger partial charge in [0.15, 0.2) is 6.17 Å². The molecule has 1 fully saturated rings. The van der Waals surface area contributed by atoms with Crippen LogP contribution >= 0.6 is 0 Å². The highest BCUT2D eigenvalue weighted by molar-refractivity contribution is 6.16. The zero-order valence-electron chi connectivity index (χ0n) is 26.1. The van der Waals surface area contributed by atoms with Crippen molar-refractivity contribution in [3.63, 3.8) is 0 Å². The van der Waals surface area contributed by atoms with Crippen LogP contribution < -0.4 is 10.6 Å². The van der Waals surface area contributed by atoms with Crippen molar-refractivity contribution in [2.45, 2.75) is 56.8 Å². The normalized spacial score (nSPS) is 32.3. The molecule has 1 aromatic carbocycles. The lowest BCUT2D eigenvalue weighted by Gasteiger charge is -2.37. The first-order chi connectivity index (χ1) is 22.8. The SMILES string of the molecule is C1=CC2C3C4=C(C=CC3N(C3=CC(C5=NC(C6C=CN=CC6)N=C(c6ccc(C7=CCNC=C7)cc6)N5)=CCC3)C2CC1)CCO4. The van der Waals surface area contributed by atoms with Crippen molar-refractivity contribution in [3.05, 3.63) is 125 Å². The van der Waals surface area contributed by atoms with E-state index in [4.69, 9.17) is 14.7 Å². The third kappa shape index (κ3) is 4.84. The minimum absolute atomic E-state index is 0.178. The maximum Gasteiger partial charge on any atom is 0.150 e. The number of hydrogen-bond donors (Lipinski definition) is 2. The molecule has 1 aromatic rings. The zero-order valence-corrected chi connectivity index (χ0v) is 26.1. The van der Waals surface area contributed by atoms with Crippen molar-refractivity contribution in [3.8, 4) is 0 Å². The van der Waals surface area contributed by atoms with Gasteiger partial charge in [-0.3, -0.25) is 4.99 Å². The molecule has 0 spiro atoms. The number of aliphatic imine (C=N–C) groups is 3. The summed E-state index contributed by atoms with van der Waals surface area (Å²) >= 11 is 0. The van der Waals surface area contributed by atoms with E-state index < -0.39 is 0 Å². The van der Waals surface area contributed by atoms with E-state index in [1.165, 1.54) is 34.6 Å². The Morgan fingerprint density at radius 3 is 2.67 bits per heavy atom. The molecule has 6 atom stereocenters. The fourth-order valence-electron chi connectivity index (χ4n) is 8.47. The number of nitrogens with one attached hydrogen (secondary N) is 2. The third-order valence-corrected chi connectivity index (χ3v) is 10.7. The summed E-state index contributed by atoms with van der Waals surface area (Å²) in [5.74, 6) is 4.13. The summed E-state index contributed by atoms with van der Waals surface area (Å²) in [5.41, 5.74) is 7.51. The van der Waals surface area contributed by atoms with E-state index in [9.17, 15) is 0 Å². The van der Waals surface area contributed by atoms with Crippen LogP contribution in [0.3, 0.4) is 0 Å². The van der Waals surface area contributed by atoms with Crippen LogP contribution in [0.1, 0.15) is 49.7 Å². The van der Waals surface area contributed by atoms with Gasteiger partial charge in [0.25, 0.3) is 0 Å². The molecule has 0 saturated carbocycles. The fraction of sp³-hybridized carbons (Fsp3) is 0.359. The molecule has 0 aromatic heterocycles. The summed E-state index contributed by atoms with van der Waals surface area (Å²) in [6.07, 6.45) is 32.9. The number of dihydropyridines is 1. The fourth-order valence-corrected chi connectivity index (χ4v) is 8.47. The molecule has 5 heterocycles. The van der Waals surface area contributed by atoms with E-state index in [0.29, 0.717) is 23.9 Å². The second-order valence-corrected chi connectivity index (χ2v) is 13.3. The number of amidine groups is 2. The van der Waals surface area contributed by atoms with Gasteiger partial charge in [-0.2, -0.15) is 0 Å². The van der Waals surface area contributed by atoms with Gasteiger partial charge in [0.2, 0.25) is 0 Å². The van der Waals surface area contributed by atoms with E-state index in [0.717, 1.165) is 68.1 Å². The molecule has 8 aliphatic rings. The van der Waals surface area contributed by atoms with E-state index >= 15 is 0 Å². The van der Waals surface area contributed by atoms with Gasteiger partial charge in [0.1, 0.15) is 17.4 Å². The van der Waals surface area contributed by atoms with Gasteiger partial charge in [0, 0.05) is 66.0 Å². The molecule has 6 unspecified atom stereocenters. The molecule has 232 valence electrons. The minimum atomic E-state index is -0.209. The molecule has 0 radical (unpaired) electrons. The number of rotatable bonds is 5. The predicted octanol–water partition coefficient (Wildman–Crippen LogP) is 6.35. The summed E-state index contributed by atoms with van der Waals surface area (Å²) < 4.78 is 6.31. The van der Waals surface area contributed by atoms with Crippen LogP contribution in [0.4, 0.5) is 0 Å². The van der Waals surface area contributed by atoms with Crippen molar-refractivity contribution in [1.82, 2.24) is 15.5 Å². The van der Waals surface area contributed by atoms with Crippen LogP contribution in [0.2, 0.25) is 0 Å². The van der Waals surface area contributed by atoms with Gasteiger partial charge in [-0.05, 0) is 67.2 Å². The number of likely N-dealkylation sites (tertiary alicyclic amines) is 1. The second-order valence-electron chi connectivity index (χ2n) is 13.3. The van der Waals surface area contributed by atoms with Crippen LogP contribution in [-0.2, 0) is 4.74 Å². The van der Waals surface area contributed by atoms with E-state index in [1.54, 1.807) is 0 Å². The summed E-state index contributed by atoms with van der Waals surface area (Å²) in [7, 11) is 0. The Kier molecular flexibility index (Phi) is 6.98. The van der Waals surface area contributed by atoms with Crippen molar-refractivity contribution in [2.24, 2.45) is 32.7 Å². The second kappa shape index (κ2) is 11.6. The molecule has 0 amide bonds. The summed E-state index contributed by atoms with van der Waals surface area (Å²) in [4.78, 5) is 17.5. The van der Waals surface area contributed by atoms with Gasteiger partial charge in [-0.1, -0.05) is 66.8 Å². The molecular formula is C39H40N6O. The Morgan fingerprint density at radius 2 is 1.80 bits per heavy atom. The average molecular weight is 609 g/mol. The summed E-state index contributed by atoms with van der Waals surface area (Å²) in [5, 5.41) is 6.92. The van der Waals surface area contributed by atoms with E-state index in [1.807, 2.05) is 18.6 Å². The molecule has 3 aliphatic carbocycles. The molecule has 1 saturated heterocycles. The van der Waals surface area contributed by atoms with Gasteiger partial charge in [0.05, 0.1) is 12.6 Å². The molecule has 46 heavy (non-hydrogen) atoms. The number of benzene rings is 1. The van der Waals surface area contributed by atoms with Gasteiger partial charge in [-0.25, -0.2) is 9.98 Å². The lowest BCUT2D eigenvalue weighted by Crippen LogP contribution is -2.41. The quantitative estimate of drug-likeness (QED) is 0.382. The molecule has 0 bridgehead atoms. The van der Waals surface area contributed by atoms with Gasteiger partial charge < -0.3 is 20.3 Å². The first-order valence-corrected chi connectivity index (χ1v) is 17.0. The first-order valence-electron chi connectivity index (χ1n) is 17.0. The smallest absolute Gasteiger partial charge is 0.150 e. The van der Waals surface area contributed by atoms with Crippen molar-refractivity contribution in [2.75, 3.05) is 13.2 Å². The van der Waals surface area contributed by atoms with Crippen molar-refractivity contribution < 1.29 is 4.74 Å². The first kappa shape index (κ1) is 27.6. The lowest BCUT2D eigenvalue weighted by molar-refractivity contribution is 0.187. The number of ether oxygens (including phenoxy) is 1. The summed E-state index contributed by atoms with van der Waals surface area (Å²) in [6.45, 7) is 1.68. The van der Waals surface area contributed by atoms with Gasteiger partial charge >= 0.3 is 0 Å². The number of hydrogen-bond acceptors (Lipinski definition) is 7. The largest absolute Gasteiger partial charge is 0.497 e. The standard InChI is InChI=1S/C39H40N6O/c1-2-7-33-32(6-1)35-34(13-12-27-18-23-46-36(27)35)45(33)31-5-3-4-30(24-31)39-43-37(42-38(44-39)29-16-21-41-22-17-29)28-10-8-25(9-11-28)26-14-19-40-20-15-26/h1,4,6,8-16,19,21-22,24,29,32-35,38,40H,2-3,5,7,17-18,20,23H2,(H,42,43,44). The van der Waals surface area contributed by atoms with Crippen LogP contribution in [0, 0.1) is 17.8 Å². The minimum Gasteiger partial charge on any atom is -0.497 e. The molecular weight excluding hydrogens is 568 g/mol. The highest BCUT2D eigenvalue weighted by Gasteiger charge is 2.52. The number of fused-ring (bicyclic) bond motifs is 4. The molecule has 7 heteroatoms. The Balaban J connectivity index is 1.03. The summed E-state index contributed by atoms with van der Waals surface area (Å²) in [6, 6.07) is 9.57. The zero-order chi connectivity index (χ0) is 30.5. The van der Waals surface area contributed by atoms with Crippen molar-refractivity contribution in [1.29, 1.82) is 0 Å². The van der Waals surface area contributed by atoms with Crippen molar-refractivity contribution >= 4 is 23.5 Å². The number of nitrogens with zero attached hydrogens (tertiary/aromatic N) is 4. The Morgan fingerprint density at radius 1 is 0.891 bits per heavy atom. The average Bonchev–Trinajstić information content (AvgIpc) is 3.75. The van der Waals surface area contributed by atoms with Crippen LogP contribution in [0.15, 0.2) is 129 Å². The molecule has 2 N–H and O–H groups in total. The highest BCUT2D eigenvalue weighted by atomic mass is 16.5. The maximum atomic E-state index is 6.31. The number of allylic oxidation sites excluding steroid dienone is 6. The molecule has 9 rings (SSSR count).